The molecule has 0 aliphatic heterocycles. The third-order valence-corrected chi connectivity index (χ3v) is 5.32. The van der Waals surface area contributed by atoms with Crippen LogP contribution in [0.25, 0.3) is 22.0 Å². The zero-order valence-electron chi connectivity index (χ0n) is 16.7. The number of aromatic nitrogens is 3. The topological polar surface area (TPSA) is 87.1 Å². The van der Waals surface area contributed by atoms with Crippen molar-refractivity contribution < 1.29 is 17.6 Å². The van der Waals surface area contributed by atoms with Gasteiger partial charge in [0.05, 0.1) is 11.9 Å². The molecule has 0 unspecified atom stereocenters. The Hall–Kier alpha value is -3.69. The molecule has 3 aromatic heterocycles. The van der Waals surface area contributed by atoms with E-state index < -0.39 is 28.7 Å². The van der Waals surface area contributed by atoms with Gasteiger partial charge in [0, 0.05) is 18.5 Å². The van der Waals surface area contributed by atoms with Crippen molar-refractivity contribution in [2.45, 2.75) is 26.6 Å². The van der Waals surface area contributed by atoms with Crippen molar-refractivity contribution in [3.05, 3.63) is 84.0 Å². The van der Waals surface area contributed by atoms with Crippen LogP contribution in [0.15, 0.2) is 49.1 Å². The van der Waals surface area contributed by atoms with Crippen LogP contribution in [0.4, 0.5) is 13.2 Å². The molecule has 0 atom stereocenters. The van der Waals surface area contributed by atoms with Crippen LogP contribution in [0.2, 0.25) is 0 Å². The Morgan fingerprint density at radius 1 is 1.03 bits per heavy atom. The summed E-state index contributed by atoms with van der Waals surface area (Å²) >= 11 is 0. The predicted molar refractivity (Wildman–Crippen MR) is 107 cm³/mol. The lowest BCUT2D eigenvalue weighted by atomic mass is 10.0. The molecule has 0 spiro atoms. The van der Waals surface area contributed by atoms with E-state index in [0.29, 0.717) is 22.6 Å². The molecule has 4 rings (SSSR count). The first-order chi connectivity index (χ1) is 14.5. The lowest BCUT2D eigenvalue weighted by molar-refractivity contribution is -0.141. The Bertz CT molecular complexity index is 1550. The van der Waals surface area contributed by atoms with Crippen LogP contribution in [0.1, 0.15) is 22.4 Å². The number of fused-ring (bicyclic) bond motifs is 2. The smallest absolute Gasteiger partial charge is 0.422 e. The summed E-state index contributed by atoms with van der Waals surface area (Å²) in [6.45, 7) is 3.38. The highest BCUT2D eigenvalue weighted by Gasteiger charge is 2.33. The third-order valence-electron chi connectivity index (χ3n) is 5.32. The second kappa shape index (κ2) is 6.93. The SMILES string of the molecule is Cc1ccc2c(Cn3c(=O)c4ccc(C(F)(F)F)nc4n(C)c3=O)cc(=O)oc2c1C. The van der Waals surface area contributed by atoms with E-state index in [9.17, 15) is 27.6 Å². The van der Waals surface area contributed by atoms with E-state index in [2.05, 4.69) is 4.98 Å². The van der Waals surface area contributed by atoms with Crippen LogP contribution in [-0.2, 0) is 19.8 Å². The lowest BCUT2D eigenvalue weighted by Gasteiger charge is -2.13. The quantitative estimate of drug-likeness (QED) is 0.456. The number of benzene rings is 1. The first-order valence-electron chi connectivity index (χ1n) is 9.19. The van der Waals surface area contributed by atoms with E-state index in [0.717, 1.165) is 26.3 Å². The minimum absolute atomic E-state index is 0.144. The summed E-state index contributed by atoms with van der Waals surface area (Å²) in [5, 5.41) is 0.414. The van der Waals surface area contributed by atoms with Crippen LogP contribution in [0.3, 0.4) is 0 Å². The second-order valence-corrected chi connectivity index (χ2v) is 7.27. The zero-order chi connectivity index (χ0) is 22.7. The lowest BCUT2D eigenvalue weighted by Crippen LogP contribution is -2.40. The summed E-state index contributed by atoms with van der Waals surface area (Å²) < 4.78 is 46.0. The van der Waals surface area contributed by atoms with Gasteiger partial charge in [0.25, 0.3) is 5.56 Å². The van der Waals surface area contributed by atoms with Gasteiger partial charge >= 0.3 is 17.5 Å². The minimum atomic E-state index is -4.72. The molecule has 160 valence electrons. The Balaban J connectivity index is 1.97. The van der Waals surface area contributed by atoms with Crippen molar-refractivity contribution in [3.63, 3.8) is 0 Å². The third kappa shape index (κ3) is 3.33. The van der Waals surface area contributed by atoms with Crippen LogP contribution < -0.4 is 16.9 Å². The minimum Gasteiger partial charge on any atom is -0.422 e. The van der Waals surface area contributed by atoms with Gasteiger partial charge in [-0.3, -0.25) is 13.9 Å². The van der Waals surface area contributed by atoms with Gasteiger partial charge in [-0.25, -0.2) is 14.6 Å². The predicted octanol–water partition coefficient (Wildman–Crippen LogP) is 2.89. The number of hydrogen-bond donors (Lipinski definition) is 0. The maximum atomic E-state index is 13.0. The zero-order valence-corrected chi connectivity index (χ0v) is 16.7. The van der Waals surface area contributed by atoms with Crippen molar-refractivity contribution in [3.8, 4) is 0 Å². The molecule has 10 heteroatoms. The summed E-state index contributed by atoms with van der Waals surface area (Å²) in [7, 11) is 1.23. The molecule has 31 heavy (non-hydrogen) atoms. The normalized spacial score (nSPS) is 12.1. The molecular formula is C21H16F3N3O4. The molecule has 4 aromatic rings. The molecule has 0 N–H and O–H groups in total. The molecule has 0 amide bonds. The Morgan fingerprint density at radius 3 is 2.39 bits per heavy atom. The van der Waals surface area contributed by atoms with Gasteiger partial charge in [-0.15, -0.1) is 0 Å². The summed E-state index contributed by atoms with van der Waals surface area (Å²) in [6.07, 6.45) is -4.72. The number of halogens is 3. The van der Waals surface area contributed by atoms with Gasteiger partial charge in [-0.2, -0.15) is 13.2 Å². The molecule has 0 saturated heterocycles. The molecule has 0 aliphatic rings. The number of rotatable bonds is 2. The number of pyridine rings is 1. The molecule has 7 nitrogen and oxygen atoms in total. The van der Waals surface area contributed by atoms with Crippen molar-refractivity contribution in [1.82, 2.24) is 14.1 Å². The van der Waals surface area contributed by atoms with E-state index in [1.165, 1.54) is 13.1 Å². The molecule has 0 fully saturated rings. The van der Waals surface area contributed by atoms with Crippen LogP contribution in [0.5, 0.6) is 0 Å². The molecule has 0 radical (unpaired) electrons. The van der Waals surface area contributed by atoms with Crippen LogP contribution in [0, 0.1) is 13.8 Å². The first-order valence-corrected chi connectivity index (χ1v) is 9.19. The summed E-state index contributed by atoms with van der Waals surface area (Å²) in [5.74, 6) is 0. The Kier molecular flexibility index (Phi) is 4.60. The van der Waals surface area contributed by atoms with Gasteiger partial charge in [0.2, 0.25) is 0 Å². The van der Waals surface area contributed by atoms with Crippen molar-refractivity contribution in [1.29, 1.82) is 0 Å². The van der Waals surface area contributed by atoms with Gasteiger partial charge in [0.15, 0.2) is 0 Å². The molecule has 0 aliphatic carbocycles. The van der Waals surface area contributed by atoms with Gasteiger partial charge < -0.3 is 4.42 Å². The van der Waals surface area contributed by atoms with E-state index in [-0.39, 0.29) is 17.6 Å². The van der Waals surface area contributed by atoms with E-state index in [1.807, 2.05) is 13.0 Å². The number of hydrogen-bond acceptors (Lipinski definition) is 5. The fraction of sp³-hybridized carbons (Fsp3) is 0.238. The molecule has 0 bridgehead atoms. The average molecular weight is 431 g/mol. The van der Waals surface area contributed by atoms with E-state index in [1.54, 1.807) is 13.0 Å². The Labute approximate surface area is 172 Å². The number of aryl methyl sites for hydroxylation is 3. The number of alkyl halides is 3. The molecular weight excluding hydrogens is 415 g/mol. The highest BCUT2D eigenvalue weighted by atomic mass is 19.4. The number of nitrogens with zero attached hydrogens (tertiary/aromatic N) is 3. The fourth-order valence-corrected chi connectivity index (χ4v) is 3.50. The first kappa shape index (κ1) is 20.6. The van der Waals surface area contributed by atoms with Crippen LogP contribution in [-0.4, -0.2) is 14.1 Å². The van der Waals surface area contributed by atoms with Crippen molar-refractivity contribution in [2.75, 3.05) is 0 Å². The maximum Gasteiger partial charge on any atom is 0.433 e. The Morgan fingerprint density at radius 2 is 1.71 bits per heavy atom. The fourth-order valence-electron chi connectivity index (χ4n) is 3.50. The molecule has 1 aromatic carbocycles. The highest BCUT2D eigenvalue weighted by molar-refractivity contribution is 5.84. The average Bonchev–Trinajstić information content (AvgIpc) is 2.71. The van der Waals surface area contributed by atoms with Crippen molar-refractivity contribution in [2.24, 2.45) is 7.05 Å². The second-order valence-electron chi connectivity index (χ2n) is 7.27. The van der Waals surface area contributed by atoms with Crippen molar-refractivity contribution >= 4 is 22.0 Å². The molecule has 3 heterocycles. The maximum absolute atomic E-state index is 13.0. The summed E-state index contributed by atoms with van der Waals surface area (Å²) in [5.41, 5.74) is -1.48. The highest BCUT2D eigenvalue weighted by Crippen LogP contribution is 2.28. The standard InChI is InChI=1S/C21H16F3N3O4/c1-10-4-5-13-12(8-16(28)31-17(13)11(10)2)9-27-19(29)14-6-7-15(21(22,23)24)25-18(14)26(3)20(27)30/h4-8H,9H2,1-3H3. The molecule has 0 saturated carbocycles. The van der Waals surface area contributed by atoms with E-state index in [4.69, 9.17) is 4.42 Å². The van der Waals surface area contributed by atoms with Gasteiger partial charge in [0.1, 0.15) is 16.9 Å². The monoisotopic (exact) mass is 431 g/mol. The van der Waals surface area contributed by atoms with Gasteiger partial charge in [-0.1, -0.05) is 12.1 Å². The van der Waals surface area contributed by atoms with E-state index >= 15 is 0 Å². The van der Waals surface area contributed by atoms with Crippen LogP contribution >= 0.6 is 0 Å². The summed E-state index contributed by atoms with van der Waals surface area (Å²) in [6, 6.07) is 6.43. The van der Waals surface area contributed by atoms with Gasteiger partial charge in [-0.05, 0) is 42.7 Å². The summed E-state index contributed by atoms with van der Waals surface area (Å²) in [4.78, 5) is 41.3. The largest absolute Gasteiger partial charge is 0.433 e.